The van der Waals surface area contributed by atoms with Gasteiger partial charge in [0, 0.05) is 0 Å². The predicted molar refractivity (Wildman–Crippen MR) is 67.5 cm³/mol. The fourth-order valence-corrected chi connectivity index (χ4v) is 2.55. The summed E-state index contributed by atoms with van der Waals surface area (Å²) in [6.07, 6.45) is -16.3. The van der Waals surface area contributed by atoms with Crippen LogP contribution in [0.3, 0.4) is 0 Å². The maximum absolute atomic E-state index is 12.8. The first-order valence-corrected chi connectivity index (χ1v) is 7.03. The standard InChI is InChI=1S/C12H21FO10/c13-1-3-5(15)6(16)9(19)12(22-3)23-10-4(2-14)21-11(20)8(18)7(10)17/h3-12,14-20H,1-2H2/t3-,4-,5+,6+,7-,8-,9-,10-,11?,12+/m1/s1. The van der Waals surface area contributed by atoms with Gasteiger partial charge in [0.05, 0.1) is 6.61 Å². The van der Waals surface area contributed by atoms with Crippen molar-refractivity contribution >= 4 is 0 Å². The monoisotopic (exact) mass is 344 g/mol. The molecular weight excluding hydrogens is 323 g/mol. The van der Waals surface area contributed by atoms with E-state index in [1.54, 1.807) is 0 Å². The lowest BCUT2D eigenvalue weighted by Crippen LogP contribution is -2.64. The first-order chi connectivity index (χ1) is 10.8. The summed E-state index contributed by atoms with van der Waals surface area (Å²) in [4.78, 5) is 0. The van der Waals surface area contributed by atoms with E-state index in [1.807, 2.05) is 0 Å². The lowest BCUT2D eigenvalue weighted by atomic mass is 9.97. The Bertz CT molecular complexity index is 383. The van der Waals surface area contributed by atoms with Gasteiger partial charge in [0.25, 0.3) is 0 Å². The van der Waals surface area contributed by atoms with E-state index in [1.165, 1.54) is 0 Å². The molecule has 136 valence electrons. The Morgan fingerprint density at radius 2 is 1.43 bits per heavy atom. The topological polar surface area (TPSA) is 169 Å². The highest BCUT2D eigenvalue weighted by atomic mass is 19.1. The first-order valence-electron chi connectivity index (χ1n) is 7.03. The molecule has 0 aromatic carbocycles. The van der Waals surface area contributed by atoms with Crippen LogP contribution in [0.25, 0.3) is 0 Å². The minimum atomic E-state index is -1.77. The largest absolute Gasteiger partial charge is 0.394 e. The Morgan fingerprint density at radius 3 is 2.00 bits per heavy atom. The Balaban J connectivity index is 2.11. The molecule has 23 heavy (non-hydrogen) atoms. The molecule has 0 aromatic heterocycles. The van der Waals surface area contributed by atoms with Crippen LogP contribution in [0.1, 0.15) is 0 Å². The third-order valence-electron chi connectivity index (χ3n) is 3.95. The molecule has 0 amide bonds. The van der Waals surface area contributed by atoms with E-state index in [4.69, 9.17) is 14.2 Å². The number of aliphatic hydroxyl groups excluding tert-OH is 7. The van der Waals surface area contributed by atoms with Crippen LogP contribution in [0.5, 0.6) is 0 Å². The van der Waals surface area contributed by atoms with E-state index in [2.05, 4.69) is 0 Å². The molecule has 2 saturated heterocycles. The summed E-state index contributed by atoms with van der Waals surface area (Å²) < 4.78 is 27.9. The van der Waals surface area contributed by atoms with Gasteiger partial charge in [0.2, 0.25) is 0 Å². The van der Waals surface area contributed by atoms with E-state index in [0.717, 1.165) is 0 Å². The molecule has 1 unspecified atom stereocenters. The molecule has 0 radical (unpaired) electrons. The fourth-order valence-electron chi connectivity index (χ4n) is 2.55. The van der Waals surface area contributed by atoms with Crippen molar-refractivity contribution in [3.05, 3.63) is 0 Å². The lowest BCUT2D eigenvalue weighted by Gasteiger charge is -2.45. The average Bonchev–Trinajstić information content (AvgIpc) is 2.55. The quantitative estimate of drug-likeness (QED) is 0.264. The summed E-state index contributed by atoms with van der Waals surface area (Å²) >= 11 is 0. The maximum atomic E-state index is 12.8. The zero-order valence-electron chi connectivity index (χ0n) is 11.9. The predicted octanol–water partition coefficient (Wildman–Crippen LogP) is -4.42. The highest BCUT2D eigenvalue weighted by molar-refractivity contribution is 4.93. The zero-order valence-corrected chi connectivity index (χ0v) is 11.9. The molecular formula is C12H21FO10. The molecule has 0 aromatic rings. The van der Waals surface area contributed by atoms with Crippen molar-refractivity contribution in [2.45, 2.75) is 61.4 Å². The van der Waals surface area contributed by atoms with Gasteiger partial charge in [-0.3, -0.25) is 0 Å². The molecule has 11 heteroatoms. The van der Waals surface area contributed by atoms with Crippen molar-refractivity contribution in [3.63, 3.8) is 0 Å². The molecule has 2 aliphatic heterocycles. The minimum Gasteiger partial charge on any atom is -0.394 e. The number of alkyl halides is 1. The molecule has 0 spiro atoms. The normalized spacial score (nSPS) is 51.7. The van der Waals surface area contributed by atoms with Crippen LogP contribution in [0.4, 0.5) is 4.39 Å². The first kappa shape index (κ1) is 18.9. The van der Waals surface area contributed by atoms with Crippen LogP contribution >= 0.6 is 0 Å². The second-order valence-electron chi connectivity index (χ2n) is 5.50. The van der Waals surface area contributed by atoms with E-state index >= 15 is 0 Å². The van der Waals surface area contributed by atoms with Crippen molar-refractivity contribution < 1.29 is 54.3 Å². The van der Waals surface area contributed by atoms with E-state index in [9.17, 15) is 40.1 Å². The maximum Gasteiger partial charge on any atom is 0.187 e. The summed E-state index contributed by atoms with van der Waals surface area (Å²) in [5, 5.41) is 67.1. The molecule has 0 bridgehead atoms. The zero-order chi connectivity index (χ0) is 17.3. The average molecular weight is 344 g/mol. The van der Waals surface area contributed by atoms with Crippen LogP contribution in [0.2, 0.25) is 0 Å². The van der Waals surface area contributed by atoms with Crippen molar-refractivity contribution in [1.82, 2.24) is 0 Å². The second-order valence-corrected chi connectivity index (χ2v) is 5.50. The number of rotatable bonds is 4. The van der Waals surface area contributed by atoms with Gasteiger partial charge in [-0.25, -0.2) is 4.39 Å². The summed E-state index contributed by atoms with van der Waals surface area (Å²) in [5.41, 5.74) is 0. The lowest BCUT2D eigenvalue weighted by molar-refractivity contribution is -0.354. The molecule has 0 saturated carbocycles. The third-order valence-corrected chi connectivity index (χ3v) is 3.95. The number of ether oxygens (including phenoxy) is 3. The summed E-state index contributed by atoms with van der Waals surface area (Å²) in [5.74, 6) is 0. The molecule has 2 fully saturated rings. The van der Waals surface area contributed by atoms with Crippen molar-refractivity contribution in [3.8, 4) is 0 Å². The van der Waals surface area contributed by atoms with Crippen molar-refractivity contribution in [2.75, 3.05) is 13.3 Å². The summed E-state index contributed by atoms with van der Waals surface area (Å²) in [7, 11) is 0. The van der Waals surface area contributed by atoms with Crippen LogP contribution in [-0.4, -0.2) is 110 Å². The molecule has 0 aliphatic carbocycles. The number of hydrogen-bond acceptors (Lipinski definition) is 10. The fraction of sp³-hybridized carbons (Fsp3) is 1.00. The highest BCUT2D eigenvalue weighted by Gasteiger charge is 2.50. The Kier molecular flexibility index (Phi) is 6.24. The summed E-state index contributed by atoms with van der Waals surface area (Å²) in [6, 6.07) is 0. The molecule has 10 nitrogen and oxygen atoms in total. The Hall–Kier alpha value is -0.470. The number of hydrogen-bond donors (Lipinski definition) is 7. The van der Waals surface area contributed by atoms with Crippen LogP contribution < -0.4 is 0 Å². The van der Waals surface area contributed by atoms with Gasteiger partial charge < -0.3 is 50.0 Å². The van der Waals surface area contributed by atoms with E-state index in [-0.39, 0.29) is 0 Å². The van der Waals surface area contributed by atoms with E-state index < -0.39 is 74.7 Å². The third kappa shape index (κ3) is 3.64. The summed E-state index contributed by atoms with van der Waals surface area (Å²) in [6.45, 7) is -1.87. The smallest absolute Gasteiger partial charge is 0.187 e. The van der Waals surface area contributed by atoms with Crippen LogP contribution in [0, 0.1) is 0 Å². The van der Waals surface area contributed by atoms with Crippen LogP contribution in [-0.2, 0) is 14.2 Å². The molecule has 2 heterocycles. The van der Waals surface area contributed by atoms with Crippen molar-refractivity contribution in [1.29, 1.82) is 0 Å². The van der Waals surface area contributed by atoms with Gasteiger partial charge in [-0.1, -0.05) is 0 Å². The van der Waals surface area contributed by atoms with E-state index in [0.29, 0.717) is 0 Å². The van der Waals surface area contributed by atoms with Gasteiger partial charge in [0.15, 0.2) is 12.6 Å². The Morgan fingerprint density at radius 1 is 0.783 bits per heavy atom. The molecule has 2 rings (SSSR count). The Labute approximate surface area is 130 Å². The number of aliphatic hydroxyl groups is 7. The van der Waals surface area contributed by atoms with Gasteiger partial charge >= 0.3 is 0 Å². The highest BCUT2D eigenvalue weighted by Crippen LogP contribution is 2.28. The van der Waals surface area contributed by atoms with Gasteiger partial charge in [0.1, 0.15) is 55.5 Å². The number of halogens is 1. The van der Waals surface area contributed by atoms with Gasteiger partial charge in [-0.15, -0.1) is 0 Å². The SMILES string of the molecule is OC[C@H]1OC(O)[C@H](O)[C@@H](O)[C@@H]1O[C@@H]1O[C@H](CF)[C@H](O)[C@H](O)[C@H]1O. The van der Waals surface area contributed by atoms with Crippen molar-refractivity contribution in [2.24, 2.45) is 0 Å². The van der Waals surface area contributed by atoms with Crippen LogP contribution in [0.15, 0.2) is 0 Å². The molecule has 10 atom stereocenters. The molecule has 7 N–H and O–H groups in total. The van der Waals surface area contributed by atoms with Gasteiger partial charge in [-0.05, 0) is 0 Å². The minimum absolute atomic E-state index is 0.702. The molecule has 2 aliphatic rings. The van der Waals surface area contributed by atoms with Gasteiger partial charge in [-0.2, -0.15) is 0 Å². The second kappa shape index (κ2) is 7.61.